The lowest BCUT2D eigenvalue weighted by Crippen LogP contribution is -1.94. The molecule has 78 valence electrons. The number of aromatic nitrogens is 2. The molecule has 0 aliphatic heterocycles. The van der Waals surface area contributed by atoms with Crippen LogP contribution in [0, 0.1) is 0 Å². The summed E-state index contributed by atoms with van der Waals surface area (Å²) in [5.41, 5.74) is 0. The predicted molar refractivity (Wildman–Crippen MR) is 70.3 cm³/mol. The van der Waals surface area contributed by atoms with Crippen LogP contribution >= 0.6 is 43.2 Å². The highest BCUT2D eigenvalue weighted by molar-refractivity contribution is 9.13. The van der Waals surface area contributed by atoms with Crippen molar-refractivity contribution in [2.45, 2.75) is 0 Å². The van der Waals surface area contributed by atoms with Crippen molar-refractivity contribution in [3.63, 3.8) is 0 Å². The Balaban J connectivity index is 2.44. The van der Waals surface area contributed by atoms with Gasteiger partial charge in [0.15, 0.2) is 5.82 Å². The maximum atomic E-state index is 4.36. The van der Waals surface area contributed by atoms with Crippen LogP contribution in [-0.2, 0) is 0 Å². The van der Waals surface area contributed by atoms with E-state index in [-0.39, 0.29) is 0 Å². The van der Waals surface area contributed by atoms with Gasteiger partial charge in [-0.3, -0.25) is 0 Å². The fourth-order valence-corrected chi connectivity index (χ4v) is 3.05. The van der Waals surface area contributed by atoms with Crippen LogP contribution in [0.2, 0.25) is 0 Å². The summed E-state index contributed by atoms with van der Waals surface area (Å²) >= 11 is 8.49. The second-order valence-corrected chi connectivity index (χ2v) is 5.97. The molecule has 0 fully saturated rings. The Hall–Kier alpha value is -0.460. The monoisotopic (exact) mass is 347 g/mol. The van der Waals surface area contributed by atoms with E-state index in [9.17, 15) is 0 Å². The minimum absolute atomic E-state index is 0.734. The van der Waals surface area contributed by atoms with Gasteiger partial charge in [0.05, 0.1) is 8.66 Å². The molecule has 6 heteroatoms. The van der Waals surface area contributed by atoms with Gasteiger partial charge in [-0.2, -0.15) is 0 Å². The summed E-state index contributed by atoms with van der Waals surface area (Å²) in [5.74, 6) is 1.55. The van der Waals surface area contributed by atoms with E-state index in [0.29, 0.717) is 0 Å². The summed E-state index contributed by atoms with van der Waals surface area (Å²) in [4.78, 5) is 9.63. The van der Waals surface area contributed by atoms with E-state index in [1.165, 1.54) is 0 Å². The van der Waals surface area contributed by atoms with Gasteiger partial charge in [-0.15, -0.1) is 11.3 Å². The highest BCUT2D eigenvalue weighted by atomic mass is 79.9. The molecule has 15 heavy (non-hydrogen) atoms. The largest absolute Gasteiger partial charge is 0.373 e. The normalized spacial score (nSPS) is 10.3. The molecule has 0 amide bonds. The molecule has 2 rings (SSSR count). The molecule has 0 unspecified atom stereocenters. The summed E-state index contributed by atoms with van der Waals surface area (Å²) < 4.78 is 2.08. The maximum absolute atomic E-state index is 4.36. The van der Waals surface area contributed by atoms with Crippen LogP contribution in [0.1, 0.15) is 0 Å². The summed E-state index contributed by atoms with van der Waals surface area (Å²) in [5, 5.41) is 2.99. The van der Waals surface area contributed by atoms with Crippen molar-refractivity contribution in [3.05, 3.63) is 26.6 Å². The molecule has 2 aromatic rings. The lowest BCUT2D eigenvalue weighted by Gasteiger charge is -1.99. The smallest absolute Gasteiger partial charge is 0.171 e. The van der Waals surface area contributed by atoms with E-state index in [1.54, 1.807) is 17.5 Å². The zero-order chi connectivity index (χ0) is 10.8. The second-order valence-electron chi connectivity index (χ2n) is 2.75. The molecule has 2 heterocycles. The molecule has 0 aliphatic rings. The third-order valence-corrected chi connectivity index (χ3v) is 5.03. The van der Waals surface area contributed by atoms with Crippen molar-refractivity contribution in [1.82, 2.24) is 9.97 Å². The van der Waals surface area contributed by atoms with Crippen molar-refractivity contribution >= 4 is 49.0 Å². The molecule has 0 bridgehead atoms. The van der Waals surface area contributed by atoms with Gasteiger partial charge in [0, 0.05) is 17.7 Å². The van der Waals surface area contributed by atoms with Crippen molar-refractivity contribution in [1.29, 1.82) is 0 Å². The maximum Gasteiger partial charge on any atom is 0.171 e. The molecule has 0 radical (unpaired) electrons. The minimum atomic E-state index is 0.734. The number of rotatable bonds is 2. The molecular formula is C9H7Br2N3S. The van der Waals surface area contributed by atoms with E-state index < -0.39 is 0 Å². The number of thiophene rings is 1. The Bertz CT molecular complexity index is 464. The van der Waals surface area contributed by atoms with Gasteiger partial charge in [-0.1, -0.05) is 0 Å². The highest BCUT2D eigenvalue weighted by Gasteiger charge is 2.08. The number of anilines is 1. The van der Waals surface area contributed by atoms with Crippen LogP contribution in [0.15, 0.2) is 26.6 Å². The van der Waals surface area contributed by atoms with Crippen LogP contribution in [0.5, 0.6) is 0 Å². The average molecular weight is 349 g/mol. The predicted octanol–water partition coefficient (Wildman–Crippen LogP) is 3.77. The van der Waals surface area contributed by atoms with Gasteiger partial charge < -0.3 is 5.32 Å². The second kappa shape index (κ2) is 4.59. The molecule has 2 aromatic heterocycles. The average Bonchev–Trinajstić information content (AvgIpc) is 2.59. The molecule has 0 atom stereocenters. The molecule has 0 aromatic carbocycles. The molecule has 0 saturated carbocycles. The van der Waals surface area contributed by atoms with Crippen LogP contribution in [0.3, 0.4) is 0 Å². The number of nitrogens with zero attached hydrogens (tertiary/aromatic N) is 2. The van der Waals surface area contributed by atoms with Gasteiger partial charge >= 0.3 is 0 Å². The first-order valence-electron chi connectivity index (χ1n) is 4.16. The molecule has 0 saturated heterocycles. The van der Waals surface area contributed by atoms with Crippen molar-refractivity contribution in [2.24, 2.45) is 0 Å². The van der Waals surface area contributed by atoms with Gasteiger partial charge in [-0.05, 0) is 44.0 Å². The van der Waals surface area contributed by atoms with Crippen LogP contribution < -0.4 is 5.32 Å². The van der Waals surface area contributed by atoms with E-state index in [0.717, 1.165) is 24.8 Å². The number of hydrogen-bond acceptors (Lipinski definition) is 4. The van der Waals surface area contributed by atoms with Crippen molar-refractivity contribution < 1.29 is 0 Å². The Morgan fingerprint density at radius 3 is 2.80 bits per heavy atom. The van der Waals surface area contributed by atoms with E-state index in [2.05, 4.69) is 47.1 Å². The van der Waals surface area contributed by atoms with E-state index >= 15 is 0 Å². The summed E-state index contributed by atoms with van der Waals surface area (Å²) in [7, 11) is 1.84. The fourth-order valence-electron chi connectivity index (χ4n) is 1.07. The molecular weight excluding hydrogens is 342 g/mol. The Labute approximate surface area is 108 Å². The Kier molecular flexibility index (Phi) is 3.38. The van der Waals surface area contributed by atoms with Gasteiger partial charge in [0.25, 0.3) is 0 Å². The third-order valence-electron chi connectivity index (χ3n) is 1.78. The first kappa shape index (κ1) is 11.0. The zero-order valence-corrected chi connectivity index (χ0v) is 11.8. The third kappa shape index (κ3) is 2.38. The van der Waals surface area contributed by atoms with E-state index in [4.69, 9.17) is 0 Å². The summed E-state index contributed by atoms with van der Waals surface area (Å²) in [6.45, 7) is 0. The lowest BCUT2D eigenvalue weighted by atomic mass is 10.4. The highest BCUT2D eigenvalue weighted by Crippen LogP contribution is 2.36. The van der Waals surface area contributed by atoms with Gasteiger partial charge in [-0.25, -0.2) is 9.97 Å². The Morgan fingerprint density at radius 1 is 1.40 bits per heavy atom. The van der Waals surface area contributed by atoms with Crippen molar-refractivity contribution in [2.75, 3.05) is 12.4 Å². The summed E-state index contributed by atoms with van der Waals surface area (Å²) in [6, 6.07) is 3.84. The molecule has 1 N–H and O–H groups in total. The Morgan fingerprint density at radius 2 is 2.20 bits per heavy atom. The fraction of sp³-hybridized carbons (Fsp3) is 0.111. The minimum Gasteiger partial charge on any atom is -0.373 e. The topological polar surface area (TPSA) is 37.8 Å². The molecule has 0 aliphatic carbocycles. The number of nitrogens with one attached hydrogen (secondary N) is 1. The quantitative estimate of drug-likeness (QED) is 0.897. The summed E-state index contributed by atoms with van der Waals surface area (Å²) in [6.07, 6.45) is 1.75. The number of hydrogen-bond donors (Lipinski definition) is 1. The van der Waals surface area contributed by atoms with Crippen LogP contribution in [0.4, 0.5) is 5.82 Å². The molecule has 3 nitrogen and oxygen atoms in total. The van der Waals surface area contributed by atoms with Crippen LogP contribution in [0.25, 0.3) is 10.7 Å². The van der Waals surface area contributed by atoms with Crippen LogP contribution in [-0.4, -0.2) is 17.0 Å². The SMILES string of the molecule is CNc1ccnc(-c2cc(Br)c(Br)s2)n1. The first-order chi connectivity index (χ1) is 7.20. The first-order valence-corrected chi connectivity index (χ1v) is 6.57. The zero-order valence-electron chi connectivity index (χ0n) is 7.79. The lowest BCUT2D eigenvalue weighted by molar-refractivity contribution is 1.18. The van der Waals surface area contributed by atoms with E-state index in [1.807, 2.05) is 19.2 Å². The molecule has 0 spiro atoms. The number of halogens is 2. The van der Waals surface area contributed by atoms with Crippen molar-refractivity contribution in [3.8, 4) is 10.7 Å². The standard InChI is InChI=1S/C9H7Br2N3S/c1-12-7-2-3-13-9(14-7)6-4-5(10)8(11)15-6/h2-4H,1H3,(H,12,13,14). The van der Waals surface area contributed by atoms with Gasteiger partial charge in [0.2, 0.25) is 0 Å². The van der Waals surface area contributed by atoms with Gasteiger partial charge in [0.1, 0.15) is 5.82 Å².